The fourth-order valence-electron chi connectivity index (χ4n) is 7.37. The molecule has 9 heteroatoms. The maximum atomic E-state index is 14.2. The van der Waals surface area contributed by atoms with Gasteiger partial charge in [0.25, 0.3) is 0 Å². The molecule has 0 saturated carbocycles. The number of rotatable bonds is 11. The molecule has 0 radical (unpaired) electrons. The molecule has 202 valence electrons. The van der Waals surface area contributed by atoms with Crippen molar-refractivity contribution in [2.75, 3.05) is 18.5 Å². The Bertz CT molecular complexity index is 1270. The van der Waals surface area contributed by atoms with Gasteiger partial charge >= 0.3 is 0 Å². The van der Waals surface area contributed by atoms with Crippen LogP contribution in [0, 0.1) is 0 Å². The number of para-hydroxylation sites is 1. The second-order valence-electron chi connectivity index (χ2n) is 11.4. The van der Waals surface area contributed by atoms with E-state index in [1.165, 1.54) is 0 Å². The molecule has 0 aromatic heterocycles. The first-order valence-electron chi connectivity index (χ1n) is 13.5. The average molecular weight is 597 g/mol. The molecule has 7 nitrogen and oxygen atoms in total. The van der Waals surface area contributed by atoms with Crippen molar-refractivity contribution in [2.24, 2.45) is 10.1 Å². The number of aliphatic imine (C=N–C) groups is 1. The summed E-state index contributed by atoms with van der Waals surface area (Å²) in [5.74, 6) is -0.0954. The Hall–Kier alpha value is -2.45. The van der Waals surface area contributed by atoms with E-state index >= 15 is 0 Å². The molecule has 2 atom stereocenters. The Labute approximate surface area is 235 Å². The predicted molar refractivity (Wildman–Crippen MR) is 161 cm³/mol. The lowest BCUT2D eigenvalue weighted by atomic mass is 9.55. The van der Waals surface area contributed by atoms with Crippen molar-refractivity contribution in [3.05, 3.63) is 68.5 Å². The van der Waals surface area contributed by atoms with E-state index in [9.17, 15) is 4.79 Å². The van der Waals surface area contributed by atoms with Gasteiger partial charge in [-0.3, -0.25) is 9.79 Å². The normalized spacial score (nSPS) is 22.1. The molecule has 0 saturated heterocycles. The number of fused-ring (bicyclic) bond motifs is 2. The van der Waals surface area contributed by atoms with Gasteiger partial charge in [-0.1, -0.05) is 86.9 Å². The molecule has 0 aliphatic carbocycles. The van der Waals surface area contributed by atoms with Gasteiger partial charge in [-0.15, -0.1) is 0 Å². The van der Waals surface area contributed by atoms with Crippen LogP contribution in [0.2, 0.25) is 16.6 Å². The summed E-state index contributed by atoms with van der Waals surface area (Å²) < 4.78 is 7.94. The van der Waals surface area contributed by atoms with Crippen LogP contribution in [0.4, 0.5) is 11.4 Å². The lowest BCUT2D eigenvalue weighted by Crippen LogP contribution is -2.56. The van der Waals surface area contributed by atoms with E-state index in [1.807, 2.05) is 42.6 Å². The van der Waals surface area contributed by atoms with Gasteiger partial charge in [0.1, 0.15) is 0 Å². The molecule has 4 rings (SSSR count). The van der Waals surface area contributed by atoms with Crippen molar-refractivity contribution in [3.63, 3.8) is 0 Å². The molecule has 0 fully saturated rings. The largest absolute Gasteiger partial charge is 0.416 e. The van der Waals surface area contributed by atoms with Gasteiger partial charge in [-0.2, -0.15) is 0 Å². The summed E-state index contributed by atoms with van der Waals surface area (Å²) in [5.41, 5.74) is 12.3. The molecule has 2 aliphatic heterocycles. The van der Waals surface area contributed by atoms with Gasteiger partial charge in [-0.25, -0.2) is 0 Å². The number of carbonyl (C=O) groups excluding carboxylic acids is 1. The topological polar surface area (TPSA) is 99.5 Å². The number of benzene rings is 2. The maximum absolute atomic E-state index is 14.2. The van der Waals surface area contributed by atoms with Crippen molar-refractivity contribution >= 4 is 47.7 Å². The molecular formula is C29H38BrN5O2Si. The van der Waals surface area contributed by atoms with Crippen LogP contribution in [-0.4, -0.2) is 33.6 Å². The quantitative estimate of drug-likeness (QED) is 0.122. The predicted octanol–water partition coefficient (Wildman–Crippen LogP) is 8.58. The summed E-state index contributed by atoms with van der Waals surface area (Å²) in [4.78, 5) is 22.0. The maximum Gasteiger partial charge on any atom is 0.236 e. The van der Waals surface area contributed by atoms with Crippen molar-refractivity contribution in [3.8, 4) is 0 Å². The summed E-state index contributed by atoms with van der Waals surface area (Å²) in [5, 5.41) is 7.03. The zero-order chi connectivity index (χ0) is 27.7. The molecular weight excluding hydrogens is 558 g/mol. The number of hydrogen-bond donors (Lipinski definition) is 1. The van der Waals surface area contributed by atoms with Gasteiger partial charge < -0.3 is 9.74 Å². The van der Waals surface area contributed by atoms with Crippen LogP contribution in [0.5, 0.6) is 0 Å². The number of azide groups is 1. The minimum Gasteiger partial charge on any atom is -0.416 e. The molecule has 2 heterocycles. The number of carbonyl (C=O) groups is 1. The van der Waals surface area contributed by atoms with Crippen molar-refractivity contribution in [1.29, 1.82) is 0 Å². The van der Waals surface area contributed by atoms with E-state index in [2.05, 4.69) is 78.9 Å². The van der Waals surface area contributed by atoms with Crippen LogP contribution in [0.25, 0.3) is 10.4 Å². The Morgan fingerprint density at radius 3 is 2.39 bits per heavy atom. The van der Waals surface area contributed by atoms with Crippen LogP contribution in [-0.2, 0) is 20.1 Å². The minimum atomic E-state index is -2.13. The molecule has 2 aliphatic rings. The number of anilines is 1. The van der Waals surface area contributed by atoms with E-state index in [1.54, 1.807) is 0 Å². The SMILES string of the molecule is CC(C)[Si](OCC[C@@]1([C@@]2(CCN=[N+]=[N-])C(=O)Nc3cc(Br)ccc32)C=Nc2ccccc21)(C(C)C)C(C)C. The number of nitrogens with one attached hydrogen (secondary N) is 1. The van der Waals surface area contributed by atoms with Crippen molar-refractivity contribution in [2.45, 2.75) is 81.8 Å². The van der Waals surface area contributed by atoms with E-state index in [-0.39, 0.29) is 12.5 Å². The Morgan fingerprint density at radius 2 is 1.74 bits per heavy atom. The first-order chi connectivity index (χ1) is 18.1. The molecule has 2 aromatic rings. The third-order valence-electron chi connectivity index (χ3n) is 8.85. The lowest BCUT2D eigenvalue weighted by molar-refractivity contribution is -0.122. The molecule has 38 heavy (non-hydrogen) atoms. The van der Waals surface area contributed by atoms with Crippen molar-refractivity contribution < 1.29 is 9.22 Å². The summed E-state index contributed by atoms with van der Waals surface area (Å²) in [6.07, 6.45) is 2.92. The smallest absolute Gasteiger partial charge is 0.236 e. The monoisotopic (exact) mass is 595 g/mol. The molecule has 1 amide bonds. The third kappa shape index (κ3) is 4.33. The van der Waals surface area contributed by atoms with E-state index in [4.69, 9.17) is 14.9 Å². The van der Waals surface area contributed by atoms with Crippen LogP contribution < -0.4 is 5.32 Å². The van der Waals surface area contributed by atoms with Gasteiger partial charge in [0, 0.05) is 34.4 Å². The van der Waals surface area contributed by atoms with Gasteiger partial charge in [0.15, 0.2) is 8.32 Å². The summed E-state index contributed by atoms with van der Waals surface area (Å²) in [6, 6.07) is 14.0. The standard InChI is InChI=1S/C29H38BrN5O2Si/c1-19(2)38(20(3)4,21(5)6)37-16-14-28(18-32-25-10-8-7-9-23(25)28)29(13-15-33-35-31)24-12-11-22(30)17-26(24)34-27(29)36/h7-12,17-21H,13-16H2,1-6H3,(H,34,36)/t28-,29-/m1/s1. The zero-order valence-electron chi connectivity index (χ0n) is 23.2. The number of hydrogen-bond acceptors (Lipinski definition) is 4. The van der Waals surface area contributed by atoms with Gasteiger partial charge in [-0.05, 0) is 64.3 Å². The van der Waals surface area contributed by atoms with E-state index < -0.39 is 19.1 Å². The lowest BCUT2D eigenvalue weighted by Gasteiger charge is -2.46. The van der Waals surface area contributed by atoms with Gasteiger partial charge in [0.2, 0.25) is 5.91 Å². The second kappa shape index (κ2) is 11.0. The van der Waals surface area contributed by atoms with Crippen LogP contribution in [0.15, 0.2) is 57.0 Å². The highest BCUT2D eigenvalue weighted by molar-refractivity contribution is 9.10. The van der Waals surface area contributed by atoms with E-state index in [0.29, 0.717) is 36.1 Å². The van der Waals surface area contributed by atoms with Crippen LogP contribution in [0.3, 0.4) is 0 Å². The van der Waals surface area contributed by atoms with Crippen molar-refractivity contribution in [1.82, 2.24) is 0 Å². The Morgan fingerprint density at radius 1 is 1.05 bits per heavy atom. The molecule has 2 aromatic carbocycles. The number of amides is 1. The third-order valence-corrected chi connectivity index (χ3v) is 15.5. The Kier molecular flexibility index (Phi) is 8.24. The van der Waals surface area contributed by atoms with E-state index in [0.717, 1.165) is 27.0 Å². The average Bonchev–Trinajstić information content (AvgIpc) is 3.37. The number of nitrogens with zero attached hydrogens (tertiary/aromatic N) is 4. The molecule has 0 unspecified atom stereocenters. The highest BCUT2D eigenvalue weighted by Gasteiger charge is 2.62. The van der Waals surface area contributed by atoms with Crippen LogP contribution >= 0.6 is 15.9 Å². The fourth-order valence-corrected chi connectivity index (χ4v) is 13.2. The highest BCUT2D eigenvalue weighted by atomic mass is 79.9. The summed E-state index contributed by atoms with van der Waals surface area (Å²) >= 11 is 3.55. The fraction of sp³-hybridized carbons (Fsp3) is 0.517. The summed E-state index contributed by atoms with van der Waals surface area (Å²) in [6.45, 7) is 14.4. The molecule has 1 N–H and O–H groups in total. The van der Waals surface area contributed by atoms with Gasteiger partial charge in [0.05, 0.1) is 16.5 Å². The number of halogens is 1. The zero-order valence-corrected chi connectivity index (χ0v) is 25.7. The van der Waals surface area contributed by atoms with Crippen LogP contribution in [0.1, 0.15) is 65.5 Å². The second-order valence-corrected chi connectivity index (χ2v) is 17.8. The summed E-state index contributed by atoms with van der Waals surface area (Å²) in [7, 11) is -2.13. The minimum absolute atomic E-state index is 0.0954. The Balaban J connectivity index is 1.88. The highest BCUT2D eigenvalue weighted by Crippen LogP contribution is 2.58. The molecule has 0 bridgehead atoms. The first kappa shape index (κ1) is 28.6. The first-order valence-corrected chi connectivity index (χ1v) is 16.4. The molecule has 0 spiro atoms.